The van der Waals surface area contributed by atoms with Crippen LogP contribution in [0.3, 0.4) is 0 Å². The minimum absolute atomic E-state index is 0.0407. The van der Waals surface area contributed by atoms with Gasteiger partial charge in [0.25, 0.3) is 0 Å². The number of aliphatic hydroxyl groups is 2. The molecule has 2 atom stereocenters. The van der Waals surface area contributed by atoms with E-state index < -0.39 is 22.5 Å². The van der Waals surface area contributed by atoms with Crippen LogP contribution in [0.2, 0.25) is 0 Å². The van der Waals surface area contributed by atoms with Crippen LogP contribution in [-0.4, -0.2) is 22.9 Å². The topological polar surface area (TPSA) is 77.8 Å². The predicted molar refractivity (Wildman–Crippen MR) is 76.6 cm³/mol. The average molecular weight is 305 g/mol. The highest BCUT2D eigenvalue weighted by Gasteiger charge is 2.44. The van der Waals surface area contributed by atoms with Crippen molar-refractivity contribution in [3.8, 4) is 0 Å². The van der Waals surface area contributed by atoms with Gasteiger partial charge in [0.2, 0.25) is 10.0 Å². The maximum absolute atomic E-state index is 12.6. The first kappa shape index (κ1) is 14.2. The lowest BCUT2D eigenvalue weighted by Crippen LogP contribution is -2.33. The zero-order valence-electron chi connectivity index (χ0n) is 11.3. The molecule has 1 aliphatic heterocycles. The smallest absolute Gasteiger partial charge is 0.248 e. The van der Waals surface area contributed by atoms with Crippen molar-refractivity contribution in [1.82, 2.24) is 4.31 Å². The molecule has 2 N–H and O–H groups in total. The third-order valence-electron chi connectivity index (χ3n) is 3.63. The first-order valence-electron chi connectivity index (χ1n) is 6.48. The van der Waals surface area contributed by atoms with Crippen molar-refractivity contribution in [3.05, 3.63) is 65.2 Å². The zero-order chi connectivity index (χ0) is 15.2. The third-order valence-corrected chi connectivity index (χ3v) is 5.45. The van der Waals surface area contributed by atoms with Crippen molar-refractivity contribution < 1.29 is 18.6 Å². The number of fused-ring (bicyclic) bond motifs is 1. The molecule has 6 heteroatoms. The van der Waals surface area contributed by atoms with E-state index in [1.54, 1.807) is 36.4 Å². The highest BCUT2D eigenvalue weighted by molar-refractivity contribution is 7.89. The molecule has 0 saturated heterocycles. The second kappa shape index (κ2) is 4.92. The second-order valence-corrected chi connectivity index (χ2v) is 6.87. The fraction of sp³-hybridized carbons (Fsp3) is 0.200. The Morgan fingerprint density at radius 3 is 1.86 bits per heavy atom. The first-order valence-corrected chi connectivity index (χ1v) is 7.92. The van der Waals surface area contributed by atoms with Crippen LogP contribution in [0.4, 0.5) is 0 Å². The quantitative estimate of drug-likeness (QED) is 0.885. The predicted octanol–water partition coefficient (Wildman–Crippen LogP) is 1.68. The van der Waals surface area contributed by atoms with Crippen LogP contribution < -0.4 is 0 Å². The summed E-state index contributed by atoms with van der Waals surface area (Å²) in [5, 5.41) is 20.5. The molecule has 0 saturated carbocycles. The van der Waals surface area contributed by atoms with Gasteiger partial charge in [-0.1, -0.05) is 42.0 Å². The first-order chi connectivity index (χ1) is 9.93. The lowest BCUT2D eigenvalue weighted by Gasteiger charge is -2.23. The van der Waals surface area contributed by atoms with Gasteiger partial charge in [-0.2, -0.15) is 0 Å². The lowest BCUT2D eigenvalue weighted by atomic mass is 10.1. The highest BCUT2D eigenvalue weighted by atomic mass is 32.2. The number of hydrogen-bond donors (Lipinski definition) is 2. The van der Waals surface area contributed by atoms with Gasteiger partial charge in [-0.25, -0.2) is 8.42 Å². The minimum Gasteiger partial charge on any atom is -0.373 e. The zero-order valence-corrected chi connectivity index (χ0v) is 12.2. The number of hydrogen-bond acceptors (Lipinski definition) is 4. The molecule has 2 unspecified atom stereocenters. The molecule has 0 amide bonds. The number of aliphatic hydroxyl groups excluding tert-OH is 2. The van der Waals surface area contributed by atoms with E-state index in [0.717, 1.165) is 9.87 Å². The van der Waals surface area contributed by atoms with Crippen LogP contribution in [0.15, 0.2) is 53.4 Å². The van der Waals surface area contributed by atoms with Gasteiger partial charge in [-0.05, 0) is 19.1 Å². The van der Waals surface area contributed by atoms with Crippen molar-refractivity contribution in [2.24, 2.45) is 0 Å². The molecule has 3 rings (SSSR count). The maximum atomic E-state index is 12.6. The Morgan fingerprint density at radius 1 is 0.905 bits per heavy atom. The maximum Gasteiger partial charge on any atom is 0.248 e. The summed E-state index contributed by atoms with van der Waals surface area (Å²) in [5.41, 5.74) is 1.74. The lowest BCUT2D eigenvalue weighted by molar-refractivity contribution is -0.0226. The summed E-state index contributed by atoms with van der Waals surface area (Å²) >= 11 is 0. The number of aryl methyl sites for hydroxylation is 1. The van der Waals surface area contributed by atoms with E-state index in [-0.39, 0.29) is 4.90 Å². The monoisotopic (exact) mass is 305 g/mol. The molecule has 21 heavy (non-hydrogen) atoms. The van der Waals surface area contributed by atoms with Crippen LogP contribution in [-0.2, 0) is 10.0 Å². The van der Waals surface area contributed by atoms with Gasteiger partial charge in [0.15, 0.2) is 0 Å². The average Bonchev–Trinajstić information content (AvgIpc) is 2.72. The van der Waals surface area contributed by atoms with E-state index in [4.69, 9.17) is 0 Å². The van der Waals surface area contributed by atoms with E-state index in [1.165, 1.54) is 12.1 Å². The Morgan fingerprint density at radius 2 is 1.38 bits per heavy atom. The number of nitrogens with zero attached hydrogens (tertiary/aromatic N) is 1. The Kier molecular flexibility index (Phi) is 3.33. The molecule has 0 fully saturated rings. The summed E-state index contributed by atoms with van der Waals surface area (Å²) < 4.78 is 26.0. The fourth-order valence-corrected chi connectivity index (χ4v) is 3.96. The van der Waals surface area contributed by atoms with Gasteiger partial charge in [0, 0.05) is 11.1 Å². The Hall–Kier alpha value is -1.73. The van der Waals surface area contributed by atoms with E-state index in [0.29, 0.717) is 11.1 Å². The van der Waals surface area contributed by atoms with E-state index in [2.05, 4.69) is 0 Å². The molecule has 110 valence electrons. The van der Waals surface area contributed by atoms with E-state index in [9.17, 15) is 18.6 Å². The molecular formula is C15H15NO4S. The molecule has 2 aromatic rings. The molecule has 0 aromatic heterocycles. The molecule has 5 nitrogen and oxygen atoms in total. The normalized spacial score (nSPS) is 22.2. The van der Waals surface area contributed by atoms with E-state index >= 15 is 0 Å². The Balaban J connectivity index is 2.07. The largest absolute Gasteiger partial charge is 0.373 e. The molecule has 0 aliphatic carbocycles. The molecular weight excluding hydrogens is 290 g/mol. The van der Waals surface area contributed by atoms with Crippen LogP contribution in [0.25, 0.3) is 0 Å². The van der Waals surface area contributed by atoms with Gasteiger partial charge in [0.05, 0.1) is 4.90 Å². The summed E-state index contributed by atoms with van der Waals surface area (Å²) in [6.45, 7) is 1.85. The third kappa shape index (κ3) is 2.16. The van der Waals surface area contributed by atoms with Crippen molar-refractivity contribution in [2.45, 2.75) is 24.3 Å². The van der Waals surface area contributed by atoms with Crippen LogP contribution in [0.5, 0.6) is 0 Å². The molecule has 0 bridgehead atoms. The molecule has 1 aliphatic rings. The number of rotatable bonds is 2. The van der Waals surface area contributed by atoms with Crippen LogP contribution in [0.1, 0.15) is 29.1 Å². The summed E-state index contributed by atoms with van der Waals surface area (Å²) in [6.07, 6.45) is -2.77. The minimum atomic E-state index is -3.99. The fourth-order valence-electron chi connectivity index (χ4n) is 2.48. The van der Waals surface area contributed by atoms with Crippen LogP contribution in [0, 0.1) is 6.92 Å². The SMILES string of the molecule is Cc1ccc(S(=O)(=O)N2C(O)c3ccccc3C2O)cc1. The second-order valence-electron chi connectivity index (χ2n) is 5.02. The standard InChI is InChI=1S/C15H15NO4S/c1-10-6-8-11(9-7-10)21(19,20)16-14(17)12-4-2-3-5-13(12)15(16)18/h2-9,14-15,17-18H,1H3. The number of benzene rings is 2. The van der Waals surface area contributed by atoms with Crippen molar-refractivity contribution >= 4 is 10.0 Å². The van der Waals surface area contributed by atoms with Gasteiger partial charge < -0.3 is 10.2 Å². The van der Waals surface area contributed by atoms with Crippen molar-refractivity contribution in [1.29, 1.82) is 0 Å². The van der Waals surface area contributed by atoms with Gasteiger partial charge in [-0.15, -0.1) is 4.31 Å². The van der Waals surface area contributed by atoms with E-state index in [1.807, 2.05) is 6.92 Å². The Labute approximate surface area is 123 Å². The van der Waals surface area contributed by atoms with Crippen molar-refractivity contribution in [3.63, 3.8) is 0 Å². The number of sulfonamides is 1. The molecule has 0 radical (unpaired) electrons. The summed E-state index contributed by atoms with van der Waals surface area (Å²) in [5.74, 6) is 0. The summed E-state index contributed by atoms with van der Waals surface area (Å²) in [7, 11) is -3.99. The van der Waals surface area contributed by atoms with Crippen LogP contribution >= 0.6 is 0 Å². The van der Waals surface area contributed by atoms with Gasteiger partial charge in [0.1, 0.15) is 12.5 Å². The summed E-state index contributed by atoms with van der Waals surface area (Å²) in [4.78, 5) is 0.0407. The molecule has 0 spiro atoms. The van der Waals surface area contributed by atoms with Gasteiger partial charge >= 0.3 is 0 Å². The van der Waals surface area contributed by atoms with Crippen molar-refractivity contribution in [2.75, 3.05) is 0 Å². The molecule has 2 aromatic carbocycles. The molecule has 1 heterocycles. The summed E-state index contributed by atoms with van der Waals surface area (Å²) in [6, 6.07) is 12.9. The highest BCUT2D eigenvalue weighted by Crippen LogP contribution is 2.42. The van der Waals surface area contributed by atoms with Gasteiger partial charge in [-0.3, -0.25) is 0 Å². The Bertz CT molecular complexity index is 742.